The van der Waals surface area contributed by atoms with Gasteiger partial charge in [0.1, 0.15) is 29.3 Å². The third-order valence-corrected chi connectivity index (χ3v) is 8.11. The molecule has 3 rings (SSSR count). The molecule has 16 heteroatoms. The number of fused-ring (bicyclic) bond motifs is 1. The topological polar surface area (TPSA) is 180 Å². The maximum absolute atomic E-state index is 13.4. The van der Waals surface area contributed by atoms with Crippen molar-refractivity contribution in [2.24, 2.45) is 5.41 Å². The van der Waals surface area contributed by atoms with Crippen LogP contribution in [0, 0.1) is 5.41 Å². The lowest BCUT2D eigenvalue weighted by atomic mass is 9.98. The first kappa shape index (κ1) is 35.6. The van der Waals surface area contributed by atoms with Gasteiger partial charge in [-0.25, -0.2) is 14.6 Å². The van der Waals surface area contributed by atoms with Crippen molar-refractivity contribution in [1.82, 2.24) is 15.2 Å². The fourth-order valence-electron chi connectivity index (χ4n) is 3.98. The number of anilines is 1. The molecule has 246 valence electrons. The molecule has 0 saturated carbocycles. The van der Waals surface area contributed by atoms with Crippen LogP contribution in [0.25, 0.3) is 5.57 Å². The van der Waals surface area contributed by atoms with E-state index in [2.05, 4.69) is 15.6 Å². The average Bonchev–Trinajstić information content (AvgIpc) is 3.38. The van der Waals surface area contributed by atoms with Crippen LogP contribution in [0.3, 0.4) is 0 Å². The van der Waals surface area contributed by atoms with Crippen molar-refractivity contribution in [1.29, 1.82) is 0 Å². The number of nitrogens with one attached hydrogen (secondary N) is 2. The quantitative estimate of drug-likeness (QED) is 0.122. The maximum atomic E-state index is 13.4. The van der Waals surface area contributed by atoms with Crippen LogP contribution < -0.4 is 10.6 Å². The number of nitrogens with zero attached hydrogens (tertiary/aromatic N) is 2. The van der Waals surface area contributed by atoms with E-state index in [0.29, 0.717) is 17.7 Å². The molecule has 1 saturated heterocycles. The SMILES string of the molecule is CC/C=C(\C(=O)N[C@@H]1C(=O)N2C(C(=O)OCOC(=O)C(C)(C)C)=C(COC(C)=O)CS[C@H]12)c1csc(NC(=O)OC(C)(C)C)n1. The van der Waals surface area contributed by atoms with E-state index < -0.39 is 65.0 Å². The first-order chi connectivity index (χ1) is 20.9. The molecule has 0 unspecified atom stereocenters. The molecule has 1 aromatic heterocycles. The molecule has 0 spiro atoms. The Hall–Kier alpha value is -3.92. The summed E-state index contributed by atoms with van der Waals surface area (Å²) in [6, 6.07) is -0.988. The summed E-state index contributed by atoms with van der Waals surface area (Å²) in [6.07, 6.45) is 1.44. The maximum Gasteiger partial charge on any atom is 0.413 e. The van der Waals surface area contributed by atoms with Gasteiger partial charge in [-0.1, -0.05) is 13.0 Å². The van der Waals surface area contributed by atoms with Crippen LogP contribution in [0.15, 0.2) is 22.7 Å². The summed E-state index contributed by atoms with van der Waals surface area (Å²) in [5.41, 5.74) is -0.839. The van der Waals surface area contributed by atoms with Gasteiger partial charge in [0, 0.05) is 23.6 Å². The zero-order valence-electron chi connectivity index (χ0n) is 26.4. The van der Waals surface area contributed by atoms with E-state index in [1.54, 1.807) is 53.0 Å². The second kappa shape index (κ2) is 14.5. The summed E-state index contributed by atoms with van der Waals surface area (Å²) in [5.74, 6) is -3.07. The highest BCUT2D eigenvalue weighted by Crippen LogP contribution is 2.41. The first-order valence-electron chi connectivity index (χ1n) is 14.0. The Balaban J connectivity index is 1.74. The number of carbonyl (C=O) groups excluding carboxylic acids is 6. The zero-order valence-corrected chi connectivity index (χ0v) is 28.1. The number of thioether (sulfide) groups is 1. The molecule has 3 heterocycles. The summed E-state index contributed by atoms with van der Waals surface area (Å²) in [5, 5.41) is 6.44. The van der Waals surface area contributed by atoms with E-state index in [4.69, 9.17) is 18.9 Å². The number of β-lactam (4-membered cyclic amide) rings is 1. The number of allylic oxidation sites excluding steroid dienone is 1. The van der Waals surface area contributed by atoms with E-state index >= 15 is 0 Å². The molecule has 14 nitrogen and oxygen atoms in total. The molecule has 1 aromatic rings. The molecule has 0 bridgehead atoms. The van der Waals surface area contributed by atoms with Crippen LogP contribution in [0.4, 0.5) is 9.93 Å². The number of amides is 3. The van der Waals surface area contributed by atoms with Gasteiger partial charge in [-0.15, -0.1) is 23.1 Å². The number of ether oxygens (including phenoxy) is 4. The molecule has 3 amide bonds. The third kappa shape index (κ3) is 9.29. The van der Waals surface area contributed by atoms with Crippen molar-refractivity contribution in [2.75, 3.05) is 24.5 Å². The molecule has 0 aromatic carbocycles. The highest BCUT2D eigenvalue weighted by atomic mass is 32.2. The number of esters is 3. The fraction of sp³-hybridized carbons (Fsp3) is 0.552. The number of carbonyl (C=O) groups is 6. The van der Waals surface area contributed by atoms with Gasteiger partial charge in [0.15, 0.2) is 5.13 Å². The van der Waals surface area contributed by atoms with Gasteiger partial charge >= 0.3 is 24.0 Å². The fourth-order valence-corrected chi connectivity index (χ4v) is 6.00. The molecule has 1 fully saturated rings. The monoisotopic (exact) mass is 666 g/mol. The minimum atomic E-state index is -0.988. The van der Waals surface area contributed by atoms with Crippen molar-refractivity contribution in [3.8, 4) is 0 Å². The van der Waals surface area contributed by atoms with Crippen molar-refractivity contribution in [3.63, 3.8) is 0 Å². The van der Waals surface area contributed by atoms with Crippen LogP contribution in [-0.2, 0) is 42.9 Å². The molecular formula is C29H38N4O10S2. The molecule has 0 aliphatic carbocycles. The minimum Gasteiger partial charge on any atom is -0.461 e. The van der Waals surface area contributed by atoms with Gasteiger partial charge in [0.25, 0.3) is 11.8 Å². The summed E-state index contributed by atoms with van der Waals surface area (Å²) < 4.78 is 20.5. The van der Waals surface area contributed by atoms with Crippen molar-refractivity contribution in [3.05, 3.63) is 28.4 Å². The lowest BCUT2D eigenvalue weighted by Crippen LogP contribution is -2.70. The number of hydrogen-bond donors (Lipinski definition) is 2. The first-order valence-corrected chi connectivity index (χ1v) is 16.0. The lowest BCUT2D eigenvalue weighted by molar-refractivity contribution is -0.173. The van der Waals surface area contributed by atoms with Crippen molar-refractivity contribution < 1.29 is 47.7 Å². The molecule has 0 radical (unpaired) electrons. The Morgan fingerprint density at radius 1 is 1.09 bits per heavy atom. The lowest BCUT2D eigenvalue weighted by Gasteiger charge is -2.49. The zero-order chi connectivity index (χ0) is 33.7. The standard InChI is InChI=1S/C29H38N4O10S2/c1-9-10-17(18-13-45-26(30-18)32-27(39)43-29(6,7)8)21(35)31-19-22(36)33-20(16(11-40-15(2)34)12-44-23(19)33)24(37)41-14-42-25(38)28(3,4)5/h10,13,19,23H,9,11-12,14H2,1-8H3,(H,31,35)(H,30,32,39)/b17-10-/t19-,23-/m1/s1. The van der Waals surface area contributed by atoms with Gasteiger partial charge in [-0.2, -0.15) is 0 Å². The van der Waals surface area contributed by atoms with Crippen LogP contribution in [0.5, 0.6) is 0 Å². The van der Waals surface area contributed by atoms with E-state index in [1.165, 1.54) is 23.6 Å². The van der Waals surface area contributed by atoms with Crippen LogP contribution in [0.2, 0.25) is 0 Å². The Bertz CT molecular complexity index is 1420. The minimum absolute atomic E-state index is 0.135. The van der Waals surface area contributed by atoms with E-state index in [0.717, 1.165) is 11.3 Å². The molecule has 45 heavy (non-hydrogen) atoms. The predicted molar refractivity (Wildman–Crippen MR) is 165 cm³/mol. The molecule has 2 N–H and O–H groups in total. The molecular weight excluding hydrogens is 628 g/mol. The smallest absolute Gasteiger partial charge is 0.413 e. The van der Waals surface area contributed by atoms with Gasteiger partial charge < -0.3 is 24.3 Å². The summed E-state index contributed by atoms with van der Waals surface area (Å²) in [7, 11) is 0. The number of thiazole rings is 1. The number of rotatable bonds is 10. The van der Waals surface area contributed by atoms with Crippen molar-refractivity contribution >= 4 is 69.6 Å². The highest BCUT2D eigenvalue weighted by Gasteiger charge is 2.54. The van der Waals surface area contributed by atoms with Gasteiger partial charge in [-0.3, -0.25) is 29.4 Å². The molecule has 2 aliphatic heterocycles. The van der Waals surface area contributed by atoms with Crippen LogP contribution >= 0.6 is 23.1 Å². The van der Waals surface area contributed by atoms with Gasteiger partial charge in [-0.05, 0) is 48.0 Å². The Morgan fingerprint density at radius 2 is 1.78 bits per heavy atom. The summed E-state index contributed by atoms with van der Waals surface area (Å²) in [6.45, 7) is 12.2. The third-order valence-electron chi connectivity index (χ3n) is 6.01. The second-order valence-electron chi connectivity index (χ2n) is 12.0. The normalized spacial score (nSPS) is 18.4. The van der Waals surface area contributed by atoms with Crippen molar-refractivity contribution in [2.45, 2.75) is 78.8 Å². The Kier molecular flexibility index (Phi) is 11.4. The number of hydrogen-bond acceptors (Lipinski definition) is 13. The molecule has 2 atom stereocenters. The van der Waals surface area contributed by atoms with Crippen LogP contribution in [-0.4, -0.2) is 81.9 Å². The van der Waals surface area contributed by atoms with E-state index in [9.17, 15) is 28.8 Å². The molecule has 2 aliphatic rings. The van der Waals surface area contributed by atoms with Gasteiger partial charge in [0.05, 0.1) is 16.7 Å². The number of aromatic nitrogens is 1. The largest absolute Gasteiger partial charge is 0.461 e. The second-order valence-corrected chi connectivity index (χ2v) is 14.0. The van der Waals surface area contributed by atoms with E-state index in [1.807, 2.05) is 6.92 Å². The highest BCUT2D eigenvalue weighted by molar-refractivity contribution is 8.00. The summed E-state index contributed by atoms with van der Waals surface area (Å²) >= 11 is 2.37. The summed E-state index contributed by atoms with van der Waals surface area (Å²) in [4.78, 5) is 81.1. The predicted octanol–water partition coefficient (Wildman–Crippen LogP) is 3.59. The van der Waals surface area contributed by atoms with E-state index in [-0.39, 0.29) is 28.8 Å². The Labute approximate surface area is 269 Å². The average molecular weight is 667 g/mol. The Morgan fingerprint density at radius 3 is 2.38 bits per heavy atom. The van der Waals surface area contributed by atoms with Crippen LogP contribution in [0.1, 0.15) is 67.5 Å². The van der Waals surface area contributed by atoms with Gasteiger partial charge in [0.2, 0.25) is 6.79 Å².